The average Bonchev–Trinajstić information content (AvgIpc) is 2.46. The number of nitrogens with zero attached hydrogens (tertiary/aromatic N) is 2. The Morgan fingerprint density at radius 3 is 2.46 bits per heavy atom. The van der Waals surface area contributed by atoms with Crippen LogP contribution in [0.4, 0.5) is 0 Å². The van der Waals surface area contributed by atoms with Crippen LogP contribution in [0.25, 0.3) is 0 Å². The molecule has 0 unspecified atom stereocenters. The lowest BCUT2D eigenvalue weighted by Gasteiger charge is -1.91. The standard InChI is InChI=1S/C7H11ClN2O2S/c1-3-6-7(13(8,11)12)5-10(4-2)9-6/h5H,3-4H2,1-2H3. The van der Waals surface area contributed by atoms with Crippen LogP contribution in [-0.4, -0.2) is 18.2 Å². The Morgan fingerprint density at radius 1 is 1.54 bits per heavy atom. The molecule has 0 aliphatic heterocycles. The molecule has 13 heavy (non-hydrogen) atoms. The molecule has 1 rings (SSSR count). The highest BCUT2D eigenvalue weighted by atomic mass is 35.7. The van der Waals surface area contributed by atoms with Gasteiger partial charge < -0.3 is 0 Å². The van der Waals surface area contributed by atoms with Crippen LogP contribution in [0.5, 0.6) is 0 Å². The van der Waals surface area contributed by atoms with Crippen LogP contribution in [0.1, 0.15) is 19.5 Å². The van der Waals surface area contributed by atoms with Gasteiger partial charge >= 0.3 is 0 Å². The molecule has 0 atom stereocenters. The van der Waals surface area contributed by atoms with E-state index in [1.54, 1.807) is 4.68 Å². The lowest BCUT2D eigenvalue weighted by molar-refractivity contribution is 0.608. The van der Waals surface area contributed by atoms with Crippen LogP contribution in [0.2, 0.25) is 0 Å². The van der Waals surface area contributed by atoms with E-state index in [0.717, 1.165) is 0 Å². The molecular formula is C7H11ClN2O2S. The molecule has 0 fully saturated rings. The fraction of sp³-hybridized carbons (Fsp3) is 0.571. The van der Waals surface area contributed by atoms with Gasteiger partial charge in [0.25, 0.3) is 9.05 Å². The fourth-order valence-electron chi connectivity index (χ4n) is 1.05. The zero-order valence-electron chi connectivity index (χ0n) is 7.49. The van der Waals surface area contributed by atoms with Crippen LogP contribution in [0, 0.1) is 0 Å². The summed E-state index contributed by atoms with van der Waals surface area (Å²) in [5, 5.41) is 4.07. The third-order valence-electron chi connectivity index (χ3n) is 1.72. The van der Waals surface area contributed by atoms with E-state index in [1.165, 1.54) is 6.20 Å². The van der Waals surface area contributed by atoms with Crippen LogP contribution in [-0.2, 0) is 22.0 Å². The molecule has 0 amide bonds. The molecule has 1 aromatic heterocycles. The molecule has 74 valence electrons. The highest BCUT2D eigenvalue weighted by Crippen LogP contribution is 2.19. The molecule has 1 aromatic rings. The molecule has 0 N–H and O–H groups in total. The van der Waals surface area contributed by atoms with Crippen molar-refractivity contribution in [2.24, 2.45) is 0 Å². The second-order valence-electron chi connectivity index (χ2n) is 2.59. The predicted octanol–water partition coefficient (Wildman–Crippen LogP) is 1.39. The first-order valence-corrected chi connectivity index (χ1v) is 6.31. The Kier molecular flexibility index (Phi) is 2.98. The van der Waals surface area contributed by atoms with E-state index in [9.17, 15) is 8.42 Å². The smallest absolute Gasteiger partial charge is 0.264 e. The van der Waals surface area contributed by atoms with Gasteiger partial charge in [0.1, 0.15) is 4.90 Å². The summed E-state index contributed by atoms with van der Waals surface area (Å²) in [6.07, 6.45) is 2.02. The van der Waals surface area contributed by atoms with Crippen LogP contribution < -0.4 is 0 Å². The summed E-state index contributed by atoms with van der Waals surface area (Å²) in [5.74, 6) is 0. The Bertz CT molecular complexity index is 397. The van der Waals surface area contributed by atoms with Crippen molar-refractivity contribution in [2.45, 2.75) is 31.7 Å². The maximum absolute atomic E-state index is 11.1. The molecule has 4 nitrogen and oxygen atoms in total. The van der Waals surface area contributed by atoms with E-state index >= 15 is 0 Å². The summed E-state index contributed by atoms with van der Waals surface area (Å²) >= 11 is 0. The maximum atomic E-state index is 11.1. The fourth-order valence-corrected chi connectivity index (χ4v) is 2.15. The molecule has 6 heteroatoms. The lowest BCUT2D eigenvalue weighted by atomic mass is 10.3. The molecule has 0 aromatic carbocycles. The topological polar surface area (TPSA) is 52.0 Å². The highest BCUT2D eigenvalue weighted by molar-refractivity contribution is 8.13. The molecule has 0 aliphatic carbocycles. The summed E-state index contributed by atoms with van der Waals surface area (Å²) in [5.41, 5.74) is 0.525. The van der Waals surface area contributed by atoms with Crippen molar-refractivity contribution >= 4 is 19.7 Å². The summed E-state index contributed by atoms with van der Waals surface area (Å²) < 4.78 is 23.7. The Labute approximate surface area is 81.9 Å². The minimum atomic E-state index is -3.65. The minimum Gasteiger partial charge on any atom is -0.271 e. The van der Waals surface area contributed by atoms with Crippen molar-refractivity contribution in [2.75, 3.05) is 0 Å². The van der Waals surface area contributed by atoms with Crippen molar-refractivity contribution < 1.29 is 8.42 Å². The summed E-state index contributed by atoms with van der Waals surface area (Å²) in [6.45, 7) is 4.37. The van der Waals surface area contributed by atoms with E-state index in [4.69, 9.17) is 10.7 Å². The van der Waals surface area contributed by atoms with Gasteiger partial charge in [0, 0.05) is 23.4 Å². The number of aryl methyl sites for hydroxylation is 2. The van der Waals surface area contributed by atoms with E-state index in [-0.39, 0.29) is 4.90 Å². The second kappa shape index (κ2) is 3.67. The van der Waals surface area contributed by atoms with Crippen LogP contribution in [0.15, 0.2) is 11.1 Å². The number of hydrogen-bond acceptors (Lipinski definition) is 3. The summed E-state index contributed by atoms with van der Waals surface area (Å²) in [4.78, 5) is 0.124. The second-order valence-corrected chi connectivity index (χ2v) is 5.12. The van der Waals surface area contributed by atoms with E-state index < -0.39 is 9.05 Å². The molecule has 0 bridgehead atoms. The highest BCUT2D eigenvalue weighted by Gasteiger charge is 2.18. The van der Waals surface area contributed by atoms with Crippen molar-refractivity contribution in [3.05, 3.63) is 11.9 Å². The zero-order valence-corrected chi connectivity index (χ0v) is 9.06. The third kappa shape index (κ3) is 2.22. The molecule has 0 saturated heterocycles. The Morgan fingerprint density at radius 2 is 2.15 bits per heavy atom. The Hall–Kier alpha value is -0.550. The first kappa shape index (κ1) is 10.5. The Balaban J connectivity index is 3.28. The van der Waals surface area contributed by atoms with Crippen LogP contribution >= 0.6 is 10.7 Å². The molecule has 0 radical (unpaired) electrons. The van der Waals surface area contributed by atoms with Gasteiger partial charge in [-0.3, -0.25) is 4.68 Å². The number of aromatic nitrogens is 2. The predicted molar refractivity (Wildman–Crippen MR) is 50.3 cm³/mol. The van der Waals surface area contributed by atoms with Gasteiger partial charge in [-0.2, -0.15) is 5.10 Å². The van der Waals surface area contributed by atoms with Gasteiger partial charge in [-0.1, -0.05) is 6.92 Å². The molecule has 0 aliphatic rings. The first-order valence-electron chi connectivity index (χ1n) is 4.00. The number of hydrogen-bond donors (Lipinski definition) is 0. The monoisotopic (exact) mass is 222 g/mol. The largest absolute Gasteiger partial charge is 0.271 e. The van der Waals surface area contributed by atoms with Gasteiger partial charge in [0.05, 0.1) is 5.69 Å². The SMILES string of the molecule is CCc1nn(CC)cc1S(=O)(=O)Cl. The molecule has 1 heterocycles. The number of rotatable bonds is 3. The quantitative estimate of drug-likeness (QED) is 0.727. The molecular weight excluding hydrogens is 212 g/mol. The van der Waals surface area contributed by atoms with Gasteiger partial charge in [0.15, 0.2) is 0 Å². The number of halogens is 1. The maximum Gasteiger partial charge on any atom is 0.264 e. The normalized spacial score (nSPS) is 11.9. The van der Waals surface area contributed by atoms with Crippen molar-refractivity contribution in [1.29, 1.82) is 0 Å². The van der Waals surface area contributed by atoms with Gasteiger partial charge in [-0.05, 0) is 13.3 Å². The van der Waals surface area contributed by atoms with Crippen LogP contribution in [0.3, 0.4) is 0 Å². The average molecular weight is 223 g/mol. The van der Waals surface area contributed by atoms with Gasteiger partial charge in [-0.15, -0.1) is 0 Å². The summed E-state index contributed by atoms with van der Waals surface area (Å²) in [7, 11) is 1.59. The van der Waals surface area contributed by atoms with Crippen molar-refractivity contribution in [1.82, 2.24) is 9.78 Å². The zero-order chi connectivity index (χ0) is 10.1. The first-order chi connectivity index (χ1) is 5.99. The molecule has 0 saturated carbocycles. The lowest BCUT2D eigenvalue weighted by Crippen LogP contribution is -1.95. The van der Waals surface area contributed by atoms with Gasteiger partial charge in [-0.25, -0.2) is 8.42 Å². The van der Waals surface area contributed by atoms with Crippen molar-refractivity contribution in [3.63, 3.8) is 0 Å². The van der Waals surface area contributed by atoms with Crippen molar-refractivity contribution in [3.8, 4) is 0 Å². The minimum absolute atomic E-state index is 0.124. The van der Waals surface area contributed by atoms with E-state index in [2.05, 4.69) is 5.10 Å². The van der Waals surface area contributed by atoms with E-state index in [1.807, 2.05) is 13.8 Å². The van der Waals surface area contributed by atoms with E-state index in [0.29, 0.717) is 18.7 Å². The molecule has 0 spiro atoms. The third-order valence-corrected chi connectivity index (χ3v) is 3.09. The van der Waals surface area contributed by atoms with Gasteiger partial charge in [0.2, 0.25) is 0 Å². The summed E-state index contributed by atoms with van der Waals surface area (Å²) in [6, 6.07) is 0.